The molecule has 2 rings (SSSR count). The number of aromatic nitrogens is 1. The van der Waals surface area contributed by atoms with Crippen LogP contribution in [0.5, 0.6) is 0 Å². The molecule has 0 bridgehead atoms. The van der Waals surface area contributed by atoms with Crippen molar-refractivity contribution >= 4 is 11.7 Å². The van der Waals surface area contributed by atoms with Crippen molar-refractivity contribution in [1.82, 2.24) is 4.98 Å². The van der Waals surface area contributed by atoms with Crippen LogP contribution in [0, 0.1) is 0 Å². The van der Waals surface area contributed by atoms with Crippen molar-refractivity contribution in [3.8, 4) is 0 Å². The Kier molecular flexibility index (Phi) is 1.25. The average molecular weight is 150 g/mol. The SMILES string of the molecule is O=C1OCNc2cccnc21. The van der Waals surface area contributed by atoms with E-state index in [-0.39, 0.29) is 12.7 Å². The van der Waals surface area contributed by atoms with Crippen LogP contribution >= 0.6 is 0 Å². The molecule has 0 saturated carbocycles. The predicted octanol–water partition coefficient (Wildman–Crippen LogP) is 0.621. The number of fused-ring (bicyclic) bond motifs is 1. The number of pyridine rings is 1. The number of nitrogens with zero attached hydrogens (tertiary/aromatic N) is 1. The predicted molar refractivity (Wildman–Crippen MR) is 38.1 cm³/mol. The molecule has 0 amide bonds. The Morgan fingerprint density at radius 2 is 2.55 bits per heavy atom. The summed E-state index contributed by atoms with van der Waals surface area (Å²) in [5.41, 5.74) is 1.10. The number of nitrogens with one attached hydrogen (secondary N) is 1. The number of ether oxygens (including phenoxy) is 1. The van der Waals surface area contributed by atoms with Crippen molar-refractivity contribution in [3.63, 3.8) is 0 Å². The second kappa shape index (κ2) is 2.23. The fourth-order valence-electron chi connectivity index (χ4n) is 0.958. The number of hydrogen-bond donors (Lipinski definition) is 1. The highest BCUT2D eigenvalue weighted by Crippen LogP contribution is 2.16. The molecule has 0 aliphatic carbocycles. The van der Waals surface area contributed by atoms with Gasteiger partial charge in [-0.05, 0) is 12.1 Å². The van der Waals surface area contributed by atoms with E-state index < -0.39 is 0 Å². The summed E-state index contributed by atoms with van der Waals surface area (Å²) in [7, 11) is 0. The molecule has 56 valence electrons. The molecular weight excluding hydrogens is 144 g/mol. The Bertz CT molecular complexity index is 298. The van der Waals surface area contributed by atoms with Crippen LogP contribution in [0.1, 0.15) is 10.5 Å². The number of carbonyl (C=O) groups is 1. The molecule has 0 spiro atoms. The van der Waals surface area contributed by atoms with Gasteiger partial charge in [0.2, 0.25) is 0 Å². The van der Waals surface area contributed by atoms with Gasteiger partial charge < -0.3 is 10.1 Å². The Hall–Kier alpha value is -1.58. The van der Waals surface area contributed by atoms with Crippen LogP contribution in [0.25, 0.3) is 0 Å². The van der Waals surface area contributed by atoms with Gasteiger partial charge in [0.15, 0.2) is 12.4 Å². The normalized spacial score (nSPS) is 14.7. The van der Waals surface area contributed by atoms with Gasteiger partial charge in [-0.15, -0.1) is 0 Å². The van der Waals surface area contributed by atoms with Crippen LogP contribution in [0.4, 0.5) is 5.69 Å². The molecule has 2 heterocycles. The number of cyclic esters (lactones) is 1. The van der Waals surface area contributed by atoms with Gasteiger partial charge in [-0.25, -0.2) is 9.78 Å². The van der Waals surface area contributed by atoms with Crippen molar-refractivity contribution in [1.29, 1.82) is 0 Å². The van der Waals surface area contributed by atoms with Crippen molar-refractivity contribution in [2.75, 3.05) is 12.0 Å². The van der Waals surface area contributed by atoms with Crippen LogP contribution in [0.15, 0.2) is 18.3 Å². The Balaban J connectivity index is 2.52. The molecule has 0 aromatic carbocycles. The quantitative estimate of drug-likeness (QED) is 0.551. The highest BCUT2D eigenvalue weighted by atomic mass is 16.5. The lowest BCUT2D eigenvalue weighted by Gasteiger charge is -2.15. The minimum absolute atomic E-state index is 0.234. The molecule has 0 radical (unpaired) electrons. The Morgan fingerprint density at radius 1 is 1.64 bits per heavy atom. The lowest BCUT2D eigenvalue weighted by Crippen LogP contribution is -2.21. The zero-order valence-corrected chi connectivity index (χ0v) is 5.70. The summed E-state index contributed by atoms with van der Waals surface area (Å²) in [4.78, 5) is 14.8. The summed E-state index contributed by atoms with van der Waals surface area (Å²) in [5, 5.41) is 2.89. The first kappa shape index (κ1) is 6.15. The van der Waals surface area contributed by atoms with E-state index in [4.69, 9.17) is 4.74 Å². The molecule has 1 aliphatic rings. The largest absolute Gasteiger partial charge is 0.440 e. The second-order valence-electron chi connectivity index (χ2n) is 2.15. The molecule has 1 N–H and O–H groups in total. The number of anilines is 1. The molecule has 0 atom stereocenters. The van der Waals surface area contributed by atoms with Gasteiger partial charge in [-0.2, -0.15) is 0 Å². The summed E-state index contributed by atoms with van der Waals surface area (Å²) in [6.45, 7) is 0.234. The maximum atomic E-state index is 11.0. The maximum Gasteiger partial charge on any atom is 0.360 e. The highest BCUT2D eigenvalue weighted by Gasteiger charge is 2.17. The topological polar surface area (TPSA) is 51.2 Å². The third-order valence-electron chi connectivity index (χ3n) is 1.47. The van der Waals surface area contributed by atoms with E-state index in [0.717, 1.165) is 5.69 Å². The average Bonchev–Trinajstić information content (AvgIpc) is 2.06. The van der Waals surface area contributed by atoms with E-state index in [1.54, 1.807) is 18.3 Å². The first-order chi connectivity index (χ1) is 5.38. The molecule has 1 aromatic rings. The van der Waals surface area contributed by atoms with Crippen LogP contribution < -0.4 is 5.32 Å². The van der Waals surface area contributed by atoms with E-state index in [0.29, 0.717) is 5.69 Å². The summed E-state index contributed by atoms with van der Waals surface area (Å²) in [6.07, 6.45) is 1.56. The zero-order valence-electron chi connectivity index (χ0n) is 5.70. The Labute approximate surface area is 63.2 Å². The lowest BCUT2D eigenvalue weighted by molar-refractivity contribution is 0.0510. The van der Waals surface area contributed by atoms with Gasteiger partial charge in [0.05, 0.1) is 5.69 Å². The van der Waals surface area contributed by atoms with Gasteiger partial charge in [0.25, 0.3) is 0 Å². The number of carbonyl (C=O) groups excluding carboxylic acids is 1. The summed E-state index contributed by atoms with van der Waals surface area (Å²) < 4.78 is 4.69. The minimum atomic E-state index is -0.362. The standard InChI is InChI=1S/C7H6N2O2/c10-7-6-5(9-4-11-7)2-1-3-8-6/h1-3,9H,4H2. The fourth-order valence-corrected chi connectivity index (χ4v) is 0.958. The van der Waals surface area contributed by atoms with E-state index in [1.165, 1.54) is 0 Å². The number of hydrogen-bond acceptors (Lipinski definition) is 4. The van der Waals surface area contributed by atoms with Gasteiger partial charge in [-0.1, -0.05) is 0 Å². The number of rotatable bonds is 0. The molecule has 11 heavy (non-hydrogen) atoms. The van der Waals surface area contributed by atoms with E-state index >= 15 is 0 Å². The van der Waals surface area contributed by atoms with Gasteiger partial charge in [0, 0.05) is 6.20 Å². The van der Waals surface area contributed by atoms with Crippen molar-refractivity contribution in [2.24, 2.45) is 0 Å². The van der Waals surface area contributed by atoms with Crippen LogP contribution in [-0.2, 0) is 4.74 Å². The van der Waals surface area contributed by atoms with Gasteiger partial charge in [0.1, 0.15) is 0 Å². The number of esters is 1. The smallest absolute Gasteiger partial charge is 0.360 e. The third-order valence-corrected chi connectivity index (χ3v) is 1.47. The van der Waals surface area contributed by atoms with Crippen LogP contribution in [0.2, 0.25) is 0 Å². The van der Waals surface area contributed by atoms with E-state index in [9.17, 15) is 4.79 Å². The van der Waals surface area contributed by atoms with E-state index in [2.05, 4.69) is 10.3 Å². The third kappa shape index (κ3) is 0.920. The first-order valence-electron chi connectivity index (χ1n) is 3.24. The molecule has 0 fully saturated rings. The molecule has 4 heteroatoms. The van der Waals surface area contributed by atoms with Crippen molar-refractivity contribution in [2.45, 2.75) is 0 Å². The highest BCUT2D eigenvalue weighted by molar-refractivity contribution is 5.94. The summed E-state index contributed by atoms with van der Waals surface area (Å²) in [6, 6.07) is 3.56. The van der Waals surface area contributed by atoms with Crippen LogP contribution in [0.3, 0.4) is 0 Å². The second-order valence-corrected chi connectivity index (χ2v) is 2.15. The summed E-state index contributed by atoms with van der Waals surface area (Å²) in [5.74, 6) is -0.362. The Morgan fingerprint density at radius 3 is 3.36 bits per heavy atom. The van der Waals surface area contributed by atoms with Gasteiger partial charge >= 0.3 is 5.97 Å². The molecule has 1 aromatic heterocycles. The zero-order chi connectivity index (χ0) is 7.68. The fraction of sp³-hybridized carbons (Fsp3) is 0.143. The molecular formula is C7H6N2O2. The van der Waals surface area contributed by atoms with Crippen LogP contribution in [-0.4, -0.2) is 17.7 Å². The monoisotopic (exact) mass is 150 g/mol. The summed E-state index contributed by atoms with van der Waals surface area (Å²) >= 11 is 0. The first-order valence-corrected chi connectivity index (χ1v) is 3.24. The van der Waals surface area contributed by atoms with Gasteiger partial charge in [-0.3, -0.25) is 0 Å². The van der Waals surface area contributed by atoms with Crippen molar-refractivity contribution < 1.29 is 9.53 Å². The molecule has 0 unspecified atom stereocenters. The van der Waals surface area contributed by atoms with E-state index in [1.807, 2.05) is 0 Å². The lowest BCUT2D eigenvalue weighted by atomic mass is 10.3. The molecule has 0 saturated heterocycles. The van der Waals surface area contributed by atoms with Crippen molar-refractivity contribution in [3.05, 3.63) is 24.0 Å². The minimum Gasteiger partial charge on any atom is -0.440 e. The maximum absolute atomic E-state index is 11.0. The molecule has 4 nitrogen and oxygen atoms in total. The molecule has 1 aliphatic heterocycles.